The van der Waals surface area contributed by atoms with E-state index in [4.69, 9.17) is 15.0 Å². The van der Waals surface area contributed by atoms with Gasteiger partial charge in [0.2, 0.25) is 11.8 Å². The summed E-state index contributed by atoms with van der Waals surface area (Å²) in [5, 5.41) is 7.09. The zero-order chi connectivity index (χ0) is 17.8. The molecule has 3 atom stereocenters. The topological polar surface area (TPSA) is 103 Å². The fourth-order valence-electron chi connectivity index (χ4n) is 3.53. The number of aromatic nitrogens is 2. The van der Waals surface area contributed by atoms with Gasteiger partial charge in [0.25, 0.3) is 0 Å². The molecular weight excluding hydrogens is 356 g/mol. The van der Waals surface area contributed by atoms with Crippen LogP contribution >= 0.6 is 12.4 Å². The number of nitrogens with zero attached hydrogens (tertiary/aromatic N) is 2. The highest BCUT2D eigenvalue weighted by molar-refractivity contribution is 5.85. The van der Waals surface area contributed by atoms with Crippen LogP contribution in [0.3, 0.4) is 0 Å². The number of hydrogen-bond acceptors (Lipinski definition) is 6. The van der Waals surface area contributed by atoms with Crippen LogP contribution in [-0.4, -0.2) is 29.7 Å². The van der Waals surface area contributed by atoms with Crippen molar-refractivity contribution >= 4 is 18.3 Å². The van der Waals surface area contributed by atoms with Crippen LogP contribution in [0.1, 0.15) is 42.6 Å². The van der Waals surface area contributed by atoms with Gasteiger partial charge in [-0.05, 0) is 31.4 Å². The Hall–Kier alpha value is -2.12. The molecule has 1 aliphatic rings. The van der Waals surface area contributed by atoms with Gasteiger partial charge in [-0.2, -0.15) is 4.98 Å². The van der Waals surface area contributed by atoms with E-state index in [9.17, 15) is 4.79 Å². The first-order valence-corrected chi connectivity index (χ1v) is 8.57. The monoisotopic (exact) mass is 380 g/mol. The lowest BCUT2D eigenvalue weighted by Gasteiger charge is -2.23. The van der Waals surface area contributed by atoms with Crippen molar-refractivity contribution in [1.29, 1.82) is 0 Å². The molecule has 1 heterocycles. The summed E-state index contributed by atoms with van der Waals surface area (Å²) in [7, 11) is 1.60. The van der Waals surface area contributed by atoms with E-state index < -0.39 is 6.04 Å². The number of para-hydroxylation sites is 1. The first-order chi connectivity index (χ1) is 12.1. The molecule has 0 saturated heterocycles. The average molecular weight is 381 g/mol. The zero-order valence-electron chi connectivity index (χ0n) is 15.0. The first-order valence-electron chi connectivity index (χ1n) is 8.57. The maximum Gasteiger partial charge on any atom is 0.224 e. The number of nitrogens with one attached hydrogen (secondary N) is 1. The van der Waals surface area contributed by atoms with Gasteiger partial charge >= 0.3 is 0 Å². The molecule has 7 nitrogen and oxygen atoms in total. The summed E-state index contributed by atoms with van der Waals surface area (Å²) < 4.78 is 10.6. The molecule has 8 heteroatoms. The largest absolute Gasteiger partial charge is 0.496 e. The quantitative estimate of drug-likeness (QED) is 0.797. The van der Waals surface area contributed by atoms with Crippen LogP contribution in [0.4, 0.5) is 0 Å². The predicted molar refractivity (Wildman–Crippen MR) is 99.1 cm³/mol. The number of nitrogens with two attached hydrogens (primary N) is 1. The van der Waals surface area contributed by atoms with Crippen LogP contribution in [-0.2, 0) is 4.79 Å². The second kappa shape index (κ2) is 9.00. The average Bonchev–Trinajstić information content (AvgIpc) is 3.28. The van der Waals surface area contributed by atoms with Gasteiger partial charge < -0.3 is 20.3 Å². The van der Waals surface area contributed by atoms with Crippen molar-refractivity contribution in [3.8, 4) is 5.75 Å². The Morgan fingerprint density at radius 2 is 2.19 bits per heavy atom. The molecule has 142 valence electrons. The number of hydrogen-bond donors (Lipinski definition) is 2. The summed E-state index contributed by atoms with van der Waals surface area (Å²) in [6.45, 7) is 2.25. The number of rotatable bonds is 6. The number of carbonyl (C=O) groups excluding carboxylic acids is 1. The van der Waals surface area contributed by atoms with Crippen molar-refractivity contribution < 1.29 is 14.1 Å². The summed E-state index contributed by atoms with van der Waals surface area (Å²) in [5.41, 5.74) is 6.62. The minimum Gasteiger partial charge on any atom is -0.496 e. The number of amides is 1. The molecule has 0 radical (unpaired) electrons. The molecule has 1 saturated carbocycles. The Bertz CT molecular complexity index is 737. The van der Waals surface area contributed by atoms with E-state index in [1.165, 1.54) is 0 Å². The molecule has 26 heavy (non-hydrogen) atoms. The van der Waals surface area contributed by atoms with Crippen molar-refractivity contribution in [2.24, 2.45) is 17.6 Å². The van der Waals surface area contributed by atoms with Gasteiger partial charge in [0, 0.05) is 18.4 Å². The van der Waals surface area contributed by atoms with E-state index in [1.54, 1.807) is 14.0 Å². The van der Waals surface area contributed by atoms with Gasteiger partial charge in [0.1, 0.15) is 11.8 Å². The van der Waals surface area contributed by atoms with E-state index in [0.29, 0.717) is 24.0 Å². The smallest absolute Gasteiger partial charge is 0.224 e. The van der Waals surface area contributed by atoms with Crippen molar-refractivity contribution in [1.82, 2.24) is 15.5 Å². The molecule has 0 spiro atoms. The van der Waals surface area contributed by atoms with E-state index in [1.807, 2.05) is 24.3 Å². The highest BCUT2D eigenvalue weighted by Crippen LogP contribution is 2.33. The number of benzene rings is 1. The van der Waals surface area contributed by atoms with Crippen LogP contribution in [0.25, 0.3) is 0 Å². The van der Waals surface area contributed by atoms with Crippen LogP contribution in [0, 0.1) is 18.8 Å². The zero-order valence-corrected chi connectivity index (χ0v) is 15.8. The van der Waals surface area contributed by atoms with Crippen LogP contribution in [0.2, 0.25) is 0 Å². The van der Waals surface area contributed by atoms with E-state index in [2.05, 4.69) is 15.5 Å². The maximum atomic E-state index is 12.9. The third-order valence-corrected chi connectivity index (χ3v) is 4.84. The van der Waals surface area contributed by atoms with Crippen molar-refractivity contribution in [2.45, 2.75) is 32.2 Å². The summed E-state index contributed by atoms with van der Waals surface area (Å²) in [5.74, 6) is 1.66. The molecule has 1 aliphatic carbocycles. The molecule has 1 aromatic heterocycles. The van der Waals surface area contributed by atoms with E-state index in [0.717, 1.165) is 24.8 Å². The number of methoxy groups -OCH3 is 1. The molecular formula is C18H25ClN4O3. The third kappa shape index (κ3) is 4.16. The Morgan fingerprint density at radius 3 is 2.85 bits per heavy atom. The van der Waals surface area contributed by atoms with Gasteiger partial charge in [0.15, 0.2) is 5.82 Å². The SMILES string of the molecule is COc1ccccc1C(NC(=O)[C@@H]1CCC[C@@H]1CN)c1noc(C)n1.Cl. The second-order valence-electron chi connectivity index (χ2n) is 6.39. The van der Waals surface area contributed by atoms with Crippen molar-refractivity contribution in [2.75, 3.05) is 13.7 Å². The molecule has 2 aromatic rings. The van der Waals surface area contributed by atoms with Gasteiger partial charge in [-0.3, -0.25) is 4.79 Å². The minimum atomic E-state index is -0.528. The van der Waals surface area contributed by atoms with Crippen LogP contribution < -0.4 is 15.8 Å². The van der Waals surface area contributed by atoms with Crippen molar-refractivity contribution in [3.05, 3.63) is 41.5 Å². The lowest BCUT2D eigenvalue weighted by molar-refractivity contribution is -0.126. The molecule has 0 bridgehead atoms. The van der Waals surface area contributed by atoms with Gasteiger partial charge in [-0.25, -0.2) is 0 Å². The fraction of sp³-hybridized carbons (Fsp3) is 0.500. The van der Waals surface area contributed by atoms with Gasteiger partial charge in [-0.15, -0.1) is 12.4 Å². The third-order valence-electron chi connectivity index (χ3n) is 4.84. The first kappa shape index (κ1) is 20.2. The van der Waals surface area contributed by atoms with E-state index >= 15 is 0 Å². The number of halogens is 1. The van der Waals surface area contributed by atoms with E-state index in [-0.39, 0.29) is 30.2 Å². The molecule has 3 rings (SSSR count). The molecule has 0 aliphatic heterocycles. The fourth-order valence-corrected chi connectivity index (χ4v) is 3.53. The highest BCUT2D eigenvalue weighted by Gasteiger charge is 2.34. The Balaban J connectivity index is 0.00000243. The van der Waals surface area contributed by atoms with Crippen LogP contribution in [0.15, 0.2) is 28.8 Å². The summed E-state index contributed by atoms with van der Waals surface area (Å²) >= 11 is 0. The lowest BCUT2D eigenvalue weighted by atomic mass is 9.94. The summed E-state index contributed by atoms with van der Waals surface area (Å²) in [6, 6.07) is 6.98. The Kier molecular flexibility index (Phi) is 6.99. The summed E-state index contributed by atoms with van der Waals surface area (Å²) in [4.78, 5) is 17.2. The number of carbonyl (C=O) groups is 1. The number of aryl methyl sites for hydroxylation is 1. The normalized spacial score (nSPS) is 20.3. The van der Waals surface area contributed by atoms with Crippen LogP contribution in [0.5, 0.6) is 5.75 Å². The maximum absolute atomic E-state index is 12.9. The Labute approximate surface area is 159 Å². The predicted octanol–water partition coefficient (Wildman–Crippen LogP) is 2.39. The standard InChI is InChI=1S/C18H24N4O3.ClH/c1-11-20-17(22-25-11)16(14-7-3-4-9-15(14)24-2)21-18(23)13-8-5-6-12(13)10-19;/h3-4,7,9,12-13,16H,5-6,8,10,19H2,1-2H3,(H,21,23);1H/t12-,13-,16?;/m1./s1. The highest BCUT2D eigenvalue weighted by atomic mass is 35.5. The molecule has 1 aromatic carbocycles. The molecule has 3 N–H and O–H groups in total. The minimum absolute atomic E-state index is 0. The Morgan fingerprint density at radius 1 is 1.42 bits per heavy atom. The summed E-state index contributed by atoms with van der Waals surface area (Å²) in [6.07, 6.45) is 2.88. The molecule has 1 fully saturated rings. The van der Waals surface area contributed by atoms with Crippen molar-refractivity contribution in [3.63, 3.8) is 0 Å². The molecule has 1 unspecified atom stereocenters. The number of ether oxygens (including phenoxy) is 1. The van der Waals surface area contributed by atoms with Gasteiger partial charge in [-0.1, -0.05) is 29.8 Å². The molecule has 1 amide bonds. The lowest BCUT2D eigenvalue weighted by Crippen LogP contribution is -2.38. The van der Waals surface area contributed by atoms with Gasteiger partial charge in [0.05, 0.1) is 7.11 Å². The second-order valence-corrected chi connectivity index (χ2v) is 6.39.